The molecule has 1 aromatic rings. The van der Waals surface area contributed by atoms with E-state index in [-0.39, 0.29) is 11.9 Å². The molecule has 0 aliphatic heterocycles. The highest BCUT2D eigenvalue weighted by atomic mass is 16.5. The van der Waals surface area contributed by atoms with Crippen molar-refractivity contribution in [2.45, 2.75) is 39.4 Å². The number of methoxy groups -OCH3 is 1. The largest absolute Gasteiger partial charge is 0.383 e. The summed E-state index contributed by atoms with van der Waals surface area (Å²) in [6.07, 6.45) is 2.46. The molecular weight excluding hydrogens is 270 g/mol. The van der Waals surface area contributed by atoms with Crippen molar-refractivity contribution in [2.75, 3.05) is 34.4 Å². The molecule has 0 bridgehead atoms. The van der Waals surface area contributed by atoms with Crippen molar-refractivity contribution in [1.82, 2.24) is 24.6 Å². The Morgan fingerprint density at radius 1 is 1.43 bits per heavy atom. The van der Waals surface area contributed by atoms with Crippen LogP contribution in [0.3, 0.4) is 0 Å². The second-order valence-electron chi connectivity index (χ2n) is 5.12. The number of ether oxygens (including phenoxy) is 1. The fraction of sp³-hybridized carbons (Fsp3) is 0.786. The van der Waals surface area contributed by atoms with E-state index in [9.17, 15) is 4.79 Å². The molecular formula is C14H27N5O2. The first-order valence-corrected chi connectivity index (χ1v) is 7.35. The molecule has 0 saturated heterocycles. The maximum atomic E-state index is 12.5. The third-order valence-corrected chi connectivity index (χ3v) is 3.69. The van der Waals surface area contributed by atoms with E-state index >= 15 is 0 Å². The molecule has 120 valence electrons. The fourth-order valence-electron chi connectivity index (χ4n) is 2.22. The van der Waals surface area contributed by atoms with Crippen molar-refractivity contribution >= 4 is 5.91 Å². The predicted octanol–water partition coefficient (Wildman–Crippen LogP) is 0.613. The van der Waals surface area contributed by atoms with Crippen molar-refractivity contribution in [3.63, 3.8) is 0 Å². The first-order valence-electron chi connectivity index (χ1n) is 7.35. The van der Waals surface area contributed by atoms with E-state index in [1.165, 1.54) is 0 Å². The van der Waals surface area contributed by atoms with E-state index in [0.717, 1.165) is 18.8 Å². The van der Waals surface area contributed by atoms with Crippen LogP contribution in [0, 0.1) is 0 Å². The van der Waals surface area contributed by atoms with Gasteiger partial charge >= 0.3 is 0 Å². The maximum Gasteiger partial charge on any atom is 0.240 e. The Morgan fingerprint density at radius 2 is 2.14 bits per heavy atom. The molecule has 0 saturated carbocycles. The van der Waals surface area contributed by atoms with Gasteiger partial charge in [0.2, 0.25) is 5.91 Å². The lowest BCUT2D eigenvalue weighted by atomic mass is 10.1. The molecule has 1 rings (SSSR count). The van der Waals surface area contributed by atoms with E-state index in [4.69, 9.17) is 4.74 Å². The average Bonchev–Trinajstić information content (AvgIpc) is 2.92. The fourth-order valence-corrected chi connectivity index (χ4v) is 2.22. The zero-order chi connectivity index (χ0) is 15.8. The smallest absolute Gasteiger partial charge is 0.240 e. The molecule has 1 unspecified atom stereocenters. The SMILES string of the molecule is CCC(C(=O)N(C)Cc1nncn1CCOC)N(C)CC. The molecule has 0 aromatic carbocycles. The number of aromatic nitrogens is 3. The van der Waals surface area contributed by atoms with Crippen LogP contribution < -0.4 is 0 Å². The van der Waals surface area contributed by atoms with E-state index in [1.54, 1.807) is 18.3 Å². The predicted molar refractivity (Wildman–Crippen MR) is 80.8 cm³/mol. The third-order valence-electron chi connectivity index (χ3n) is 3.69. The van der Waals surface area contributed by atoms with Gasteiger partial charge in [-0.05, 0) is 20.0 Å². The molecule has 0 fully saturated rings. The van der Waals surface area contributed by atoms with E-state index in [1.807, 2.05) is 25.6 Å². The van der Waals surface area contributed by atoms with E-state index < -0.39 is 0 Å². The number of rotatable bonds is 9. The molecule has 1 aromatic heterocycles. The lowest BCUT2D eigenvalue weighted by molar-refractivity contribution is -0.136. The number of nitrogens with zero attached hydrogens (tertiary/aromatic N) is 5. The number of hydrogen-bond acceptors (Lipinski definition) is 5. The third kappa shape index (κ3) is 4.78. The normalized spacial score (nSPS) is 12.7. The molecule has 0 aliphatic rings. The second-order valence-corrected chi connectivity index (χ2v) is 5.12. The average molecular weight is 297 g/mol. The van der Waals surface area contributed by atoms with Gasteiger partial charge in [0.25, 0.3) is 0 Å². The van der Waals surface area contributed by atoms with Crippen LogP contribution in [0.2, 0.25) is 0 Å². The Bertz CT molecular complexity index is 435. The standard InChI is InChI=1S/C14H27N5O2/c1-6-12(17(3)7-2)14(20)18(4)10-13-16-15-11-19(13)8-9-21-5/h11-12H,6-10H2,1-5H3. The van der Waals surface area contributed by atoms with E-state index in [0.29, 0.717) is 19.7 Å². The van der Waals surface area contributed by atoms with Crippen LogP contribution in [0.5, 0.6) is 0 Å². The van der Waals surface area contributed by atoms with Crippen LogP contribution in [0.4, 0.5) is 0 Å². The molecule has 0 aliphatic carbocycles. The first kappa shape index (κ1) is 17.6. The lowest BCUT2D eigenvalue weighted by Crippen LogP contribution is -2.45. The number of carbonyl (C=O) groups excluding carboxylic acids is 1. The van der Waals surface area contributed by atoms with Crippen molar-refractivity contribution < 1.29 is 9.53 Å². The molecule has 7 nitrogen and oxygen atoms in total. The van der Waals surface area contributed by atoms with Crippen LogP contribution in [0.25, 0.3) is 0 Å². The molecule has 1 heterocycles. The van der Waals surface area contributed by atoms with Gasteiger partial charge in [0.15, 0.2) is 5.82 Å². The Balaban J connectivity index is 2.69. The van der Waals surface area contributed by atoms with Crippen molar-refractivity contribution in [3.8, 4) is 0 Å². The van der Waals surface area contributed by atoms with E-state index in [2.05, 4.69) is 22.0 Å². The van der Waals surface area contributed by atoms with Gasteiger partial charge in [0, 0.05) is 20.7 Å². The summed E-state index contributed by atoms with van der Waals surface area (Å²) < 4.78 is 6.98. The highest BCUT2D eigenvalue weighted by molar-refractivity contribution is 5.81. The van der Waals surface area contributed by atoms with Gasteiger partial charge in [0.1, 0.15) is 6.33 Å². The summed E-state index contributed by atoms with van der Waals surface area (Å²) in [6.45, 7) is 6.67. The zero-order valence-corrected chi connectivity index (χ0v) is 13.7. The summed E-state index contributed by atoms with van der Waals surface area (Å²) >= 11 is 0. The molecule has 1 atom stereocenters. The Hall–Kier alpha value is -1.47. The lowest BCUT2D eigenvalue weighted by Gasteiger charge is -2.29. The number of carbonyl (C=O) groups is 1. The molecule has 0 N–H and O–H groups in total. The zero-order valence-electron chi connectivity index (χ0n) is 13.7. The van der Waals surface area contributed by atoms with Gasteiger partial charge in [-0.1, -0.05) is 13.8 Å². The van der Waals surface area contributed by atoms with Crippen LogP contribution >= 0.6 is 0 Å². The van der Waals surface area contributed by atoms with Gasteiger partial charge in [-0.15, -0.1) is 10.2 Å². The Labute approximate surface area is 126 Å². The number of amides is 1. The summed E-state index contributed by atoms with van der Waals surface area (Å²) in [7, 11) is 5.44. The summed E-state index contributed by atoms with van der Waals surface area (Å²) in [5.74, 6) is 0.889. The maximum absolute atomic E-state index is 12.5. The second kappa shape index (κ2) is 8.74. The highest BCUT2D eigenvalue weighted by Gasteiger charge is 2.24. The summed E-state index contributed by atoms with van der Waals surface area (Å²) in [4.78, 5) is 16.3. The van der Waals surface area contributed by atoms with Crippen LogP contribution in [0.1, 0.15) is 26.1 Å². The van der Waals surface area contributed by atoms with Gasteiger partial charge in [-0.2, -0.15) is 0 Å². The van der Waals surface area contributed by atoms with Gasteiger partial charge in [-0.25, -0.2) is 0 Å². The molecule has 0 spiro atoms. The summed E-state index contributed by atoms with van der Waals surface area (Å²) in [5, 5.41) is 8.00. The minimum absolute atomic E-state index is 0.0876. The van der Waals surface area contributed by atoms with Crippen LogP contribution in [-0.2, 0) is 22.6 Å². The molecule has 21 heavy (non-hydrogen) atoms. The molecule has 1 amide bonds. The first-order chi connectivity index (χ1) is 10.0. The summed E-state index contributed by atoms with van der Waals surface area (Å²) in [5.41, 5.74) is 0. The monoisotopic (exact) mass is 297 g/mol. The van der Waals surface area contributed by atoms with Crippen molar-refractivity contribution in [1.29, 1.82) is 0 Å². The van der Waals surface area contributed by atoms with Gasteiger partial charge in [-0.3, -0.25) is 9.69 Å². The van der Waals surface area contributed by atoms with Crippen LogP contribution in [-0.4, -0.2) is 70.9 Å². The highest BCUT2D eigenvalue weighted by Crippen LogP contribution is 2.08. The van der Waals surface area contributed by atoms with Crippen molar-refractivity contribution in [3.05, 3.63) is 12.2 Å². The minimum Gasteiger partial charge on any atom is -0.383 e. The number of hydrogen-bond donors (Lipinski definition) is 0. The van der Waals surface area contributed by atoms with Gasteiger partial charge < -0.3 is 14.2 Å². The summed E-state index contributed by atoms with van der Waals surface area (Å²) in [6, 6.07) is -0.0876. The number of likely N-dealkylation sites (N-methyl/N-ethyl adjacent to an activating group) is 2. The van der Waals surface area contributed by atoms with Gasteiger partial charge in [0.05, 0.1) is 19.2 Å². The van der Waals surface area contributed by atoms with Crippen LogP contribution in [0.15, 0.2) is 6.33 Å². The van der Waals surface area contributed by atoms with Crippen molar-refractivity contribution in [2.24, 2.45) is 0 Å². The topological polar surface area (TPSA) is 63.5 Å². The molecule has 0 radical (unpaired) electrons. The Morgan fingerprint density at radius 3 is 2.71 bits per heavy atom. The Kier molecular flexibility index (Phi) is 7.31. The minimum atomic E-state index is -0.0876. The molecule has 7 heteroatoms. The quantitative estimate of drug-likeness (QED) is 0.668.